The Morgan fingerprint density at radius 1 is 1.40 bits per heavy atom. The second-order valence-corrected chi connectivity index (χ2v) is 4.23. The van der Waals surface area contributed by atoms with Crippen molar-refractivity contribution in [1.29, 1.82) is 0 Å². The molecule has 0 fully saturated rings. The van der Waals surface area contributed by atoms with Crippen LogP contribution in [0.4, 0.5) is 0 Å². The minimum atomic E-state index is 0.628. The molecule has 0 atom stereocenters. The Balaban J connectivity index is 2.40. The Hall–Kier alpha value is -1.13. The summed E-state index contributed by atoms with van der Waals surface area (Å²) in [4.78, 5) is 0. The highest BCUT2D eigenvalue weighted by Gasteiger charge is 2.06. The normalized spacial score (nSPS) is 10.5. The average Bonchev–Trinajstić information content (AvgIpc) is 2.66. The van der Waals surface area contributed by atoms with Crippen molar-refractivity contribution in [2.75, 3.05) is 6.54 Å². The molecule has 0 bridgehead atoms. The number of H-pyrrole nitrogens is 1. The molecule has 0 amide bonds. The Morgan fingerprint density at radius 3 is 3.00 bits per heavy atom. The molecule has 0 unspecified atom stereocenters. The first-order valence-electron chi connectivity index (χ1n) is 4.79. The largest absolute Gasteiger partial charge is 0.330 e. The second kappa shape index (κ2) is 4.59. The molecule has 1 aromatic carbocycles. The van der Waals surface area contributed by atoms with Crippen LogP contribution in [0.2, 0.25) is 0 Å². The fourth-order valence-corrected chi connectivity index (χ4v) is 1.95. The number of rotatable bonds is 3. The first-order valence-corrected chi connectivity index (χ1v) is 5.59. The van der Waals surface area contributed by atoms with Crippen molar-refractivity contribution in [3.63, 3.8) is 0 Å². The van der Waals surface area contributed by atoms with Crippen molar-refractivity contribution >= 4 is 15.9 Å². The van der Waals surface area contributed by atoms with Gasteiger partial charge in [-0.15, -0.1) is 0 Å². The van der Waals surface area contributed by atoms with E-state index in [1.165, 1.54) is 0 Å². The quantitative estimate of drug-likeness (QED) is 0.895. The van der Waals surface area contributed by atoms with Gasteiger partial charge in [0.15, 0.2) is 0 Å². The number of nitrogens with one attached hydrogen (secondary N) is 1. The highest BCUT2D eigenvalue weighted by Crippen LogP contribution is 2.24. The zero-order valence-electron chi connectivity index (χ0n) is 8.20. The number of halogens is 1. The molecule has 0 aliphatic rings. The minimum Gasteiger partial charge on any atom is -0.330 e. The molecule has 1 aromatic heterocycles. The van der Waals surface area contributed by atoms with Gasteiger partial charge in [-0.1, -0.05) is 28.1 Å². The van der Waals surface area contributed by atoms with Crippen LogP contribution >= 0.6 is 15.9 Å². The van der Waals surface area contributed by atoms with Gasteiger partial charge in [0.05, 0.1) is 6.20 Å². The number of hydrogen-bond donors (Lipinski definition) is 2. The minimum absolute atomic E-state index is 0.628. The molecule has 0 saturated heterocycles. The van der Waals surface area contributed by atoms with E-state index in [0.29, 0.717) is 6.54 Å². The summed E-state index contributed by atoms with van der Waals surface area (Å²) in [6, 6.07) is 8.16. The van der Waals surface area contributed by atoms with Crippen molar-refractivity contribution < 1.29 is 0 Å². The summed E-state index contributed by atoms with van der Waals surface area (Å²) >= 11 is 3.46. The van der Waals surface area contributed by atoms with Crippen LogP contribution in [0, 0.1) is 0 Å². The Labute approximate surface area is 96.8 Å². The van der Waals surface area contributed by atoms with E-state index in [0.717, 1.165) is 27.7 Å². The molecular weight excluding hydrogens is 254 g/mol. The van der Waals surface area contributed by atoms with E-state index in [-0.39, 0.29) is 0 Å². The van der Waals surface area contributed by atoms with Gasteiger partial charge in [-0.25, -0.2) is 0 Å². The van der Waals surface area contributed by atoms with Gasteiger partial charge < -0.3 is 5.73 Å². The lowest BCUT2D eigenvalue weighted by Gasteiger charge is -2.02. The third-order valence-electron chi connectivity index (χ3n) is 2.25. The SMILES string of the molecule is NCCc1[nH]ncc1-c1cccc(Br)c1. The van der Waals surface area contributed by atoms with Crippen LogP contribution in [-0.2, 0) is 6.42 Å². The predicted molar refractivity (Wildman–Crippen MR) is 64.5 cm³/mol. The molecule has 0 aliphatic heterocycles. The molecule has 78 valence electrons. The van der Waals surface area contributed by atoms with Crippen molar-refractivity contribution in [1.82, 2.24) is 10.2 Å². The van der Waals surface area contributed by atoms with Gasteiger partial charge in [-0.05, 0) is 24.2 Å². The average molecular weight is 266 g/mol. The lowest BCUT2D eigenvalue weighted by Crippen LogP contribution is -2.03. The van der Waals surface area contributed by atoms with E-state index in [9.17, 15) is 0 Å². The molecular formula is C11H12BrN3. The molecule has 0 aliphatic carbocycles. The van der Waals surface area contributed by atoms with Crippen LogP contribution in [0.5, 0.6) is 0 Å². The maximum absolute atomic E-state index is 5.54. The van der Waals surface area contributed by atoms with Crippen LogP contribution in [0.15, 0.2) is 34.9 Å². The summed E-state index contributed by atoms with van der Waals surface area (Å²) in [5, 5.41) is 7.03. The molecule has 3 N–H and O–H groups in total. The van der Waals surface area contributed by atoms with E-state index in [1.807, 2.05) is 18.3 Å². The smallest absolute Gasteiger partial charge is 0.0568 e. The predicted octanol–water partition coefficient (Wildman–Crippen LogP) is 2.34. The zero-order valence-corrected chi connectivity index (χ0v) is 9.79. The summed E-state index contributed by atoms with van der Waals surface area (Å²) in [5.41, 5.74) is 8.91. The van der Waals surface area contributed by atoms with Gasteiger partial charge in [-0.3, -0.25) is 5.10 Å². The van der Waals surface area contributed by atoms with Crippen molar-refractivity contribution in [3.8, 4) is 11.1 Å². The molecule has 0 saturated carbocycles. The number of aromatic nitrogens is 2. The molecule has 15 heavy (non-hydrogen) atoms. The number of hydrogen-bond acceptors (Lipinski definition) is 2. The summed E-state index contributed by atoms with van der Waals surface area (Å²) in [5.74, 6) is 0. The number of nitrogens with zero attached hydrogens (tertiary/aromatic N) is 1. The summed E-state index contributed by atoms with van der Waals surface area (Å²) < 4.78 is 1.07. The number of nitrogens with two attached hydrogens (primary N) is 1. The van der Waals surface area contributed by atoms with E-state index < -0.39 is 0 Å². The molecule has 2 rings (SSSR count). The van der Waals surface area contributed by atoms with Crippen LogP contribution in [0.3, 0.4) is 0 Å². The van der Waals surface area contributed by atoms with Crippen molar-refractivity contribution in [2.24, 2.45) is 5.73 Å². The first-order chi connectivity index (χ1) is 7.31. The Morgan fingerprint density at radius 2 is 2.27 bits per heavy atom. The summed E-state index contributed by atoms with van der Waals surface area (Å²) in [7, 11) is 0. The van der Waals surface area contributed by atoms with Gasteiger partial charge in [0.1, 0.15) is 0 Å². The monoisotopic (exact) mass is 265 g/mol. The van der Waals surface area contributed by atoms with Crippen LogP contribution in [-0.4, -0.2) is 16.7 Å². The number of aromatic amines is 1. The van der Waals surface area contributed by atoms with Gasteiger partial charge in [-0.2, -0.15) is 5.10 Å². The summed E-state index contributed by atoms with van der Waals surface area (Å²) in [6.45, 7) is 0.628. The molecule has 2 aromatic rings. The van der Waals surface area contributed by atoms with E-state index >= 15 is 0 Å². The third kappa shape index (κ3) is 2.27. The lowest BCUT2D eigenvalue weighted by atomic mass is 10.1. The Kier molecular flexibility index (Phi) is 3.18. The zero-order chi connectivity index (χ0) is 10.7. The maximum Gasteiger partial charge on any atom is 0.0568 e. The van der Waals surface area contributed by atoms with Crippen LogP contribution < -0.4 is 5.73 Å². The first kappa shape index (κ1) is 10.4. The fraction of sp³-hybridized carbons (Fsp3) is 0.182. The molecule has 1 heterocycles. The summed E-state index contributed by atoms with van der Waals surface area (Å²) in [6.07, 6.45) is 2.66. The van der Waals surface area contributed by atoms with E-state index in [4.69, 9.17) is 5.73 Å². The van der Waals surface area contributed by atoms with E-state index in [2.05, 4.69) is 38.3 Å². The Bertz CT molecular complexity index is 451. The van der Waals surface area contributed by atoms with Crippen LogP contribution in [0.1, 0.15) is 5.69 Å². The lowest BCUT2D eigenvalue weighted by molar-refractivity contribution is 0.902. The topological polar surface area (TPSA) is 54.7 Å². The van der Waals surface area contributed by atoms with Gasteiger partial charge in [0.25, 0.3) is 0 Å². The van der Waals surface area contributed by atoms with E-state index in [1.54, 1.807) is 0 Å². The highest BCUT2D eigenvalue weighted by molar-refractivity contribution is 9.10. The standard InChI is InChI=1S/C11H12BrN3/c12-9-3-1-2-8(6-9)10-7-14-15-11(10)4-5-13/h1-3,6-7H,4-5,13H2,(H,14,15). The van der Waals surface area contributed by atoms with Crippen molar-refractivity contribution in [3.05, 3.63) is 40.6 Å². The molecule has 4 heteroatoms. The number of benzene rings is 1. The van der Waals surface area contributed by atoms with Crippen LogP contribution in [0.25, 0.3) is 11.1 Å². The molecule has 3 nitrogen and oxygen atoms in total. The maximum atomic E-state index is 5.54. The second-order valence-electron chi connectivity index (χ2n) is 3.31. The fourth-order valence-electron chi connectivity index (χ4n) is 1.55. The van der Waals surface area contributed by atoms with Gasteiger partial charge >= 0.3 is 0 Å². The third-order valence-corrected chi connectivity index (χ3v) is 2.74. The van der Waals surface area contributed by atoms with Gasteiger partial charge in [0.2, 0.25) is 0 Å². The van der Waals surface area contributed by atoms with Crippen molar-refractivity contribution in [2.45, 2.75) is 6.42 Å². The highest BCUT2D eigenvalue weighted by atomic mass is 79.9. The van der Waals surface area contributed by atoms with Gasteiger partial charge in [0, 0.05) is 22.2 Å². The molecule has 0 spiro atoms. The molecule has 0 radical (unpaired) electrons.